The van der Waals surface area contributed by atoms with Gasteiger partial charge in [-0.25, -0.2) is 0 Å². The maximum atomic E-state index is 6.14. The number of aromatic nitrogens is 2. The molecule has 0 amide bonds. The molecule has 5 rings (SSSR count). The summed E-state index contributed by atoms with van der Waals surface area (Å²) in [6.07, 6.45) is 7.90. The van der Waals surface area contributed by atoms with E-state index >= 15 is 0 Å². The van der Waals surface area contributed by atoms with Gasteiger partial charge in [0, 0.05) is 11.5 Å². The quantitative estimate of drug-likeness (QED) is 0.877. The Bertz CT molecular complexity index is 409. The number of nitrogen functional groups attached to an aromatic ring is 1. The number of hydrogen-bond acceptors (Lipinski definition) is 5. The summed E-state index contributed by atoms with van der Waals surface area (Å²) in [6, 6.07) is 0.509. The molecule has 4 nitrogen and oxygen atoms in total. The summed E-state index contributed by atoms with van der Waals surface area (Å²) in [5.74, 6) is 2.66. The zero-order valence-electron chi connectivity index (χ0n) is 9.76. The normalized spacial score (nSPS) is 42.9. The molecule has 1 aromatic heterocycles. The Labute approximate surface area is 105 Å². The summed E-state index contributed by atoms with van der Waals surface area (Å²) in [5.41, 5.74) is 5.65. The lowest BCUT2D eigenvalue weighted by Crippen LogP contribution is -2.53. The first kappa shape index (κ1) is 10.1. The Hall–Kier alpha value is -0.840. The van der Waals surface area contributed by atoms with Crippen molar-refractivity contribution in [3.63, 3.8) is 0 Å². The highest BCUT2D eigenvalue weighted by Gasteiger charge is 2.52. The van der Waals surface area contributed by atoms with Crippen LogP contribution in [0.25, 0.3) is 0 Å². The van der Waals surface area contributed by atoms with Crippen molar-refractivity contribution in [3.05, 3.63) is 0 Å². The predicted molar refractivity (Wildman–Crippen MR) is 65.9 cm³/mol. The van der Waals surface area contributed by atoms with Gasteiger partial charge in [0.2, 0.25) is 5.13 Å². The van der Waals surface area contributed by atoms with Crippen molar-refractivity contribution in [1.29, 1.82) is 0 Å². The van der Waals surface area contributed by atoms with Crippen molar-refractivity contribution in [3.8, 4) is 6.01 Å². The van der Waals surface area contributed by atoms with Gasteiger partial charge in [0.05, 0.1) is 0 Å². The van der Waals surface area contributed by atoms with Crippen molar-refractivity contribution in [2.24, 2.45) is 17.8 Å². The number of nitrogens with zero attached hydrogens (tertiary/aromatic N) is 2. The highest BCUT2D eigenvalue weighted by atomic mass is 32.1. The SMILES string of the molecule is Nc1nc(OC23CC4CC(CC(C4)C2)C3)ns1. The predicted octanol–water partition coefficient (Wildman–Crippen LogP) is 2.47. The fourth-order valence-corrected chi connectivity index (χ4v) is 4.98. The van der Waals surface area contributed by atoms with E-state index in [9.17, 15) is 0 Å². The fourth-order valence-electron chi connectivity index (χ4n) is 4.61. The lowest BCUT2D eigenvalue weighted by atomic mass is 9.54. The van der Waals surface area contributed by atoms with Gasteiger partial charge in [0.25, 0.3) is 0 Å². The summed E-state index contributed by atoms with van der Waals surface area (Å²) in [6.45, 7) is 0. The van der Waals surface area contributed by atoms with Crippen LogP contribution in [0.2, 0.25) is 0 Å². The topological polar surface area (TPSA) is 61.0 Å². The third kappa shape index (κ3) is 1.63. The molecule has 0 radical (unpaired) electrons. The van der Waals surface area contributed by atoms with Gasteiger partial charge >= 0.3 is 6.01 Å². The van der Waals surface area contributed by atoms with Gasteiger partial charge in [0.1, 0.15) is 5.60 Å². The number of rotatable bonds is 2. The maximum absolute atomic E-state index is 6.14. The van der Waals surface area contributed by atoms with Crippen LogP contribution in [0, 0.1) is 17.8 Å². The molecule has 4 bridgehead atoms. The third-order valence-electron chi connectivity index (χ3n) is 4.71. The van der Waals surface area contributed by atoms with Gasteiger partial charge in [-0.2, -0.15) is 4.98 Å². The number of anilines is 1. The van der Waals surface area contributed by atoms with Crippen molar-refractivity contribution < 1.29 is 4.74 Å². The summed E-state index contributed by atoms with van der Waals surface area (Å²) in [7, 11) is 0. The van der Waals surface area contributed by atoms with E-state index in [1.54, 1.807) is 0 Å². The van der Waals surface area contributed by atoms with E-state index in [1.807, 2.05) is 0 Å². The monoisotopic (exact) mass is 251 g/mol. The molecule has 0 spiro atoms. The Balaban J connectivity index is 1.60. The van der Waals surface area contributed by atoms with Crippen LogP contribution in [-0.4, -0.2) is 15.0 Å². The average Bonchev–Trinajstić information content (AvgIpc) is 2.60. The molecular weight excluding hydrogens is 234 g/mol. The van der Waals surface area contributed by atoms with Gasteiger partial charge < -0.3 is 10.5 Å². The van der Waals surface area contributed by atoms with E-state index in [0.717, 1.165) is 17.8 Å². The molecule has 2 N–H and O–H groups in total. The molecule has 4 fully saturated rings. The molecule has 1 aromatic rings. The number of nitrogens with two attached hydrogens (primary N) is 1. The molecular formula is C12H17N3OS. The van der Waals surface area contributed by atoms with Crippen molar-refractivity contribution in [2.75, 3.05) is 5.73 Å². The van der Waals surface area contributed by atoms with E-state index in [2.05, 4.69) is 9.36 Å². The van der Waals surface area contributed by atoms with Crippen molar-refractivity contribution in [2.45, 2.75) is 44.1 Å². The lowest BCUT2D eigenvalue weighted by molar-refractivity contribution is -0.110. The zero-order valence-corrected chi connectivity index (χ0v) is 10.6. The summed E-state index contributed by atoms with van der Waals surface area (Å²) in [5, 5.41) is 0.504. The minimum Gasteiger partial charge on any atom is -0.456 e. The first-order valence-electron chi connectivity index (χ1n) is 6.49. The minimum absolute atomic E-state index is 0.0439. The van der Waals surface area contributed by atoms with Gasteiger partial charge in [-0.05, 0) is 56.3 Å². The second-order valence-electron chi connectivity index (χ2n) is 6.12. The van der Waals surface area contributed by atoms with Gasteiger partial charge in [-0.15, -0.1) is 4.37 Å². The van der Waals surface area contributed by atoms with Gasteiger partial charge in [-0.1, -0.05) is 0 Å². The Morgan fingerprint density at radius 1 is 1.12 bits per heavy atom. The third-order valence-corrected chi connectivity index (χ3v) is 5.24. The molecule has 1 heterocycles. The number of ether oxygens (including phenoxy) is 1. The van der Waals surface area contributed by atoms with Crippen molar-refractivity contribution >= 4 is 16.7 Å². The lowest BCUT2D eigenvalue weighted by Gasteiger charge is -2.55. The summed E-state index contributed by atoms with van der Waals surface area (Å²) < 4.78 is 10.3. The molecule has 0 aliphatic heterocycles. The van der Waals surface area contributed by atoms with E-state index in [4.69, 9.17) is 10.5 Å². The first-order chi connectivity index (χ1) is 8.21. The van der Waals surface area contributed by atoms with Crippen LogP contribution in [0.4, 0.5) is 5.13 Å². The van der Waals surface area contributed by atoms with E-state index in [0.29, 0.717) is 11.1 Å². The van der Waals surface area contributed by atoms with Gasteiger partial charge in [0.15, 0.2) is 0 Å². The smallest absolute Gasteiger partial charge is 0.330 e. The molecule has 17 heavy (non-hydrogen) atoms. The Morgan fingerprint density at radius 2 is 1.71 bits per heavy atom. The van der Waals surface area contributed by atoms with Crippen LogP contribution in [0.3, 0.4) is 0 Å². The second kappa shape index (κ2) is 3.34. The van der Waals surface area contributed by atoms with Crippen LogP contribution in [0.15, 0.2) is 0 Å². The minimum atomic E-state index is 0.0439. The average molecular weight is 251 g/mol. The molecule has 4 saturated carbocycles. The molecule has 0 atom stereocenters. The van der Waals surface area contributed by atoms with E-state index < -0.39 is 0 Å². The number of hydrogen-bond donors (Lipinski definition) is 1. The highest BCUT2D eigenvalue weighted by Crippen LogP contribution is 2.56. The Kier molecular flexibility index (Phi) is 1.99. The molecule has 0 unspecified atom stereocenters. The zero-order chi connectivity index (χ0) is 11.5. The van der Waals surface area contributed by atoms with Crippen molar-refractivity contribution in [1.82, 2.24) is 9.36 Å². The molecule has 5 heteroatoms. The molecule has 4 aliphatic rings. The van der Waals surface area contributed by atoms with E-state index in [1.165, 1.54) is 50.1 Å². The van der Waals surface area contributed by atoms with Crippen LogP contribution < -0.4 is 10.5 Å². The summed E-state index contributed by atoms with van der Waals surface area (Å²) >= 11 is 1.22. The molecule has 92 valence electrons. The van der Waals surface area contributed by atoms with Crippen LogP contribution >= 0.6 is 11.5 Å². The van der Waals surface area contributed by atoms with Crippen LogP contribution in [-0.2, 0) is 0 Å². The standard InChI is InChI=1S/C12H17N3OS/c13-10-14-11(15-17-10)16-12-4-7-1-8(5-12)3-9(2-7)6-12/h7-9H,1-6H2,(H2,13,14,15). The maximum Gasteiger partial charge on any atom is 0.330 e. The molecule has 4 aliphatic carbocycles. The van der Waals surface area contributed by atoms with E-state index in [-0.39, 0.29) is 5.60 Å². The Morgan fingerprint density at radius 3 is 2.18 bits per heavy atom. The molecule has 0 saturated heterocycles. The first-order valence-corrected chi connectivity index (χ1v) is 7.26. The van der Waals surface area contributed by atoms with Gasteiger partial charge in [-0.3, -0.25) is 0 Å². The largest absolute Gasteiger partial charge is 0.456 e. The second-order valence-corrected chi connectivity index (χ2v) is 6.90. The molecule has 0 aromatic carbocycles. The summed E-state index contributed by atoms with van der Waals surface area (Å²) in [4.78, 5) is 4.15. The van der Waals surface area contributed by atoms with Crippen LogP contribution in [0.1, 0.15) is 38.5 Å². The van der Waals surface area contributed by atoms with Crippen LogP contribution in [0.5, 0.6) is 6.01 Å². The fraction of sp³-hybridized carbons (Fsp3) is 0.833. The highest BCUT2D eigenvalue weighted by molar-refractivity contribution is 7.09.